The van der Waals surface area contributed by atoms with Crippen LogP contribution in [0.3, 0.4) is 0 Å². The predicted octanol–water partition coefficient (Wildman–Crippen LogP) is 5.33. The van der Waals surface area contributed by atoms with Crippen molar-refractivity contribution in [1.29, 1.82) is 5.26 Å². The van der Waals surface area contributed by atoms with Gasteiger partial charge in [0.15, 0.2) is 0 Å². The van der Waals surface area contributed by atoms with Crippen LogP contribution in [-0.2, 0) is 9.59 Å². The molecule has 1 aliphatic rings. The maximum Gasteiger partial charge on any atom is 0.271 e. The summed E-state index contributed by atoms with van der Waals surface area (Å²) in [7, 11) is 0. The van der Waals surface area contributed by atoms with Crippen LogP contribution in [0.1, 0.15) is 40.2 Å². The molecule has 1 aromatic heterocycles. The number of rotatable bonds is 6. The van der Waals surface area contributed by atoms with Gasteiger partial charge in [-0.25, -0.2) is 4.68 Å². The van der Waals surface area contributed by atoms with E-state index in [4.69, 9.17) is 9.84 Å². The van der Waals surface area contributed by atoms with Gasteiger partial charge >= 0.3 is 0 Å². The van der Waals surface area contributed by atoms with Gasteiger partial charge in [0.25, 0.3) is 11.8 Å². The summed E-state index contributed by atoms with van der Waals surface area (Å²) in [6.07, 6.45) is 3.62. The Morgan fingerprint density at radius 2 is 1.64 bits per heavy atom. The lowest BCUT2D eigenvalue weighted by molar-refractivity contribution is -0.142. The highest BCUT2D eigenvalue weighted by Gasteiger charge is 2.37. The second-order valence-electron chi connectivity index (χ2n) is 9.15. The fraction of sp³-hybridized carbons (Fsp3) is 0.241. The number of imide groups is 1. The van der Waals surface area contributed by atoms with Crippen LogP contribution in [0.4, 0.5) is 0 Å². The number of aromatic nitrogens is 2. The van der Waals surface area contributed by atoms with Crippen molar-refractivity contribution < 1.29 is 14.3 Å². The molecule has 0 fully saturated rings. The summed E-state index contributed by atoms with van der Waals surface area (Å²) in [6, 6.07) is 18.9. The van der Waals surface area contributed by atoms with E-state index in [-0.39, 0.29) is 17.7 Å². The topological polar surface area (TPSA) is 88.2 Å². The van der Waals surface area contributed by atoms with Crippen LogP contribution in [0, 0.1) is 11.3 Å². The van der Waals surface area contributed by atoms with E-state index in [1.54, 1.807) is 31.5 Å². The lowest BCUT2D eigenvalue weighted by Crippen LogP contribution is -2.46. The minimum absolute atomic E-state index is 0.0262. The van der Waals surface area contributed by atoms with Gasteiger partial charge in [-0.1, -0.05) is 18.2 Å². The van der Waals surface area contributed by atoms with Crippen LogP contribution in [-0.4, -0.2) is 38.6 Å². The number of hydrogen-bond acceptors (Lipinski definition) is 5. The summed E-state index contributed by atoms with van der Waals surface area (Å²) in [6.45, 7) is 9.08. The number of hydrogen-bond donors (Lipinski definition) is 0. The van der Waals surface area contributed by atoms with Gasteiger partial charge in [-0.05, 0) is 82.7 Å². The zero-order valence-corrected chi connectivity index (χ0v) is 21.0. The first-order valence-electron chi connectivity index (χ1n) is 11.8. The highest BCUT2D eigenvalue weighted by molar-refractivity contribution is 6.20. The molecule has 0 bridgehead atoms. The largest absolute Gasteiger partial charge is 0.491 e. The SMILES string of the molecule is CC1=C(C#N)C(=O)N(C(C)C)C(=O)/C1=C/c1cn(-c2ccccc2)nc1-c1ccc(OC(C)C)cc1. The second-order valence-corrected chi connectivity index (χ2v) is 9.15. The highest BCUT2D eigenvalue weighted by atomic mass is 16.5. The number of amides is 2. The van der Waals surface area contributed by atoms with Crippen molar-refractivity contribution in [2.45, 2.75) is 46.8 Å². The van der Waals surface area contributed by atoms with Crippen molar-refractivity contribution in [3.8, 4) is 28.8 Å². The lowest BCUT2D eigenvalue weighted by Gasteiger charge is -2.30. The molecule has 7 heteroatoms. The fourth-order valence-electron chi connectivity index (χ4n) is 4.12. The molecule has 2 amide bonds. The van der Waals surface area contributed by atoms with Crippen molar-refractivity contribution >= 4 is 17.9 Å². The van der Waals surface area contributed by atoms with E-state index in [1.165, 1.54) is 0 Å². The van der Waals surface area contributed by atoms with Gasteiger partial charge in [-0.15, -0.1) is 0 Å². The molecule has 0 saturated carbocycles. The van der Waals surface area contributed by atoms with Gasteiger partial charge in [0.2, 0.25) is 0 Å². The minimum atomic E-state index is -0.562. The maximum atomic E-state index is 13.4. The van der Waals surface area contributed by atoms with E-state index >= 15 is 0 Å². The molecule has 2 aromatic carbocycles. The Hall–Kier alpha value is -4.44. The molecule has 0 unspecified atom stereocenters. The summed E-state index contributed by atoms with van der Waals surface area (Å²) in [5, 5.41) is 14.5. The van der Waals surface area contributed by atoms with Gasteiger partial charge in [-0.3, -0.25) is 14.5 Å². The van der Waals surface area contributed by atoms with Crippen LogP contribution < -0.4 is 4.74 Å². The Morgan fingerprint density at radius 3 is 2.22 bits per heavy atom. The normalized spacial score (nSPS) is 15.3. The van der Waals surface area contributed by atoms with Crippen molar-refractivity contribution in [3.63, 3.8) is 0 Å². The smallest absolute Gasteiger partial charge is 0.271 e. The number of ether oxygens (including phenoxy) is 1. The van der Waals surface area contributed by atoms with Crippen LogP contribution in [0.5, 0.6) is 5.75 Å². The summed E-state index contributed by atoms with van der Waals surface area (Å²) in [5.41, 5.74) is 3.69. The lowest BCUT2D eigenvalue weighted by atomic mass is 9.92. The monoisotopic (exact) mass is 480 g/mol. The number of nitrogens with zero attached hydrogens (tertiary/aromatic N) is 4. The van der Waals surface area contributed by atoms with Gasteiger partial charge < -0.3 is 4.74 Å². The van der Waals surface area contributed by atoms with E-state index in [9.17, 15) is 14.9 Å². The highest BCUT2D eigenvalue weighted by Crippen LogP contribution is 2.32. The molecule has 0 saturated heterocycles. The molecule has 0 N–H and O–H groups in total. The van der Waals surface area contributed by atoms with Crippen molar-refractivity contribution in [2.75, 3.05) is 0 Å². The first-order valence-corrected chi connectivity index (χ1v) is 11.8. The van der Waals surface area contributed by atoms with Crippen LogP contribution in [0.2, 0.25) is 0 Å². The number of para-hydroxylation sites is 1. The minimum Gasteiger partial charge on any atom is -0.491 e. The van der Waals surface area contributed by atoms with Crippen molar-refractivity contribution in [3.05, 3.63) is 83.1 Å². The summed E-state index contributed by atoms with van der Waals surface area (Å²) in [5.74, 6) is -0.235. The Balaban J connectivity index is 1.89. The number of carbonyl (C=O) groups excluding carboxylic acids is 2. The van der Waals surface area contributed by atoms with Gasteiger partial charge in [-0.2, -0.15) is 10.4 Å². The molecule has 1 aliphatic heterocycles. The molecule has 7 nitrogen and oxygen atoms in total. The molecule has 3 aromatic rings. The summed E-state index contributed by atoms with van der Waals surface area (Å²) < 4.78 is 7.52. The molecule has 0 aliphatic carbocycles. The van der Waals surface area contributed by atoms with Crippen LogP contribution in [0.25, 0.3) is 23.0 Å². The Bertz CT molecular complexity index is 1400. The van der Waals surface area contributed by atoms with E-state index in [1.807, 2.05) is 80.7 Å². The van der Waals surface area contributed by atoms with Crippen LogP contribution >= 0.6 is 0 Å². The number of benzene rings is 2. The molecule has 4 rings (SSSR count). The Morgan fingerprint density at radius 1 is 0.972 bits per heavy atom. The molecular formula is C29H28N4O3. The zero-order chi connectivity index (χ0) is 26.0. The van der Waals surface area contributed by atoms with Crippen molar-refractivity contribution in [2.24, 2.45) is 0 Å². The van der Waals surface area contributed by atoms with Gasteiger partial charge in [0.05, 0.1) is 17.5 Å². The zero-order valence-electron chi connectivity index (χ0n) is 21.0. The van der Waals surface area contributed by atoms with E-state index in [0.717, 1.165) is 21.9 Å². The van der Waals surface area contributed by atoms with E-state index in [0.29, 0.717) is 22.4 Å². The van der Waals surface area contributed by atoms with Crippen molar-refractivity contribution in [1.82, 2.24) is 14.7 Å². The third-order valence-corrected chi connectivity index (χ3v) is 5.85. The molecule has 182 valence electrons. The molecule has 2 heterocycles. The van der Waals surface area contributed by atoms with Gasteiger partial charge in [0, 0.05) is 28.9 Å². The van der Waals surface area contributed by atoms with E-state index < -0.39 is 11.8 Å². The number of carbonyl (C=O) groups is 2. The summed E-state index contributed by atoms with van der Waals surface area (Å²) >= 11 is 0. The van der Waals surface area contributed by atoms with Gasteiger partial charge in [0.1, 0.15) is 17.4 Å². The molecule has 0 atom stereocenters. The predicted molar refractivity (Wildman–Crippen MR) is 138 cm³/mol. The summed E-state index contributed by atoms with van der Waals surface area (Å²) in [4.78, 5) is 27.3. The Labute approximate surface area is 210 Å². The average molecular weight is 481 g/mol. The average Bonchev–Trinajstić information content (AvgIpc) is 3.26. The maximum absolute atomic E-state index is 13.4. The molecule has 0 radical (unpaired) electrons. The Kier molecular flexibility index (Phi) is 6.89. The molecule has 0 spiro atoms. The standard InChI is InChI=1S/C29H28N4O3/c1-18(2)33-28(34)25(20(5)26(16-30)29(33)35)15-22-17-32(23-9-7-6-8-10-23)31-27(22)21-11-13-24(14-12-21)36-19(3)4/h6-15,17-19H,1-5H3/b25-15+. The number of nitriles is 1. The third kappa shape index (κ3) is 4.71. The molecule has 36 heavy (non-hydrogen) atoms. The van der Waals surface area contributed by atoms with E-state index in [2.05, 4.69) is 0 Å². The first-order chi connectivity index (χ1) is 17.2. The fourth-order valence-corrected chi connectivity index (χ4v) is 4.12. The quantitative estimate of drug-likeness (QED) is 0.352. The third-order valence-electron chi connectivity index (χ3n) is 5.85. The first kappa shape index (κ1) is 24.7. The second kappa shape index (κ2) is 10.0. The molecular weight excluding hydrogens is 452 g/mol. The van der Waals surface area contributed by atoms with Crippen LogP contribution in [0.15, 0.2) is 77.5 Å².